The minimum atomic E-state index is -4.63. The van der Waals surface area contributed by atoms with E-state index in [0.717, 1.165) is 25.5 Å². The lowest BCUT2D eigenvalue weighted by Gasteiger charge is -2.45. The fourth-order valence-corrected chi connectivity index (χ4v) is 5.77. The molecule has 2 aromatic carbocycles. The number of carbonyl (C=O) groups is 1. The van der Waals surface area contributed by atoms with Gasteiger partial charge in [-0.1, -0.05) is 17.7 Å². The summed E-state index contributed by atoms with van der Waals surface area (Å²) in [4.78, 5) is 15.0. The molecule has 4 rings (SSSR count). The number of likely N-dealkylation sites (N-methyl/N-ethyl adjacent to an activating group) is 1. The Morgan fingerprint density at radius 3 is 2.54 bits per heavy atom. The molecule has 2 aromatic rings. The number of carbonyl (C=O) groups excluding carboxylic acids is 1. The van der Waals surface area contributed by atoms with Crippen molar-refractivity contribution in [1.29, 1.82) is 0 Å². The third-order valence-electron chi connectivity index (χ3n) is 7.36. The van der Waals surface area contributed by atoms with Crippen LogP contribution in [0.15, 0.2) is 36.4 Å². The molecule has 10 heteroatoms. The van der Waals surface area contributed by atoms with Crippen molar-refractivity contribution in [2.24, 2.45) is 0 Å². The second kappa shape index (κ2) is 9.78. The van der Waals surface area contributed by atoms with E-state index >= 15 is 0 Å². The number of fused-ring (bicyclic) bond motifs is 1. The number of hydrogen-bond acceptors (Lipinski definition) is 4. The van der Waals surface area contributed by atoms with E-state index in [1.807, 2.05) is 12.1 Å². The van der Waals surface area contributed by atoms with Gasteiger partial charge in [0.1, 0.15) is 0 Å². The Kier molecular flexibility index (Phi) is 7.11. The number of likely N-dealkylation sites (tertiary alicyclic amines) is 1. The summed E-state index contributed by atoms with van der Waals surface area (Å²) in [6, 6.07) is 8.65. The van der Waals surface area contributed by atoms with Crippen LogP contribution in [0.1, 0.15) is 36.8 Å². The van der Waals surface area contributed by atoms with Gasteiger partial charge in [0, 0.05) is 22.5 Å². The zero-order chi connectivity index (χ0) is 25.4. The molecular weight excluding hydrogens is 483 g/mol. The summed E-state index contributed by atoms with van der Waals surface area (Å²) in [6.07, 6.45) is -1.44. The fraction of sp³-hybridized carbons (Fsp3) is 0.480. The molecule has 3 unspecified atom stereocenters. The van der Waals surface area contributed by atoms with E-state index in [1.54, 1.807) is 14.2 Å². The molecule has 0 radical (unpaired) electrons. The van der Waals surface area contributed by atoms with Gasteiger partial charge >= 0.3 is 12.2 Å². The number of benzene rings is 2. The number of anilines is 1. The number of methoxy groups -OCH3 is 2. The van der Waals surface area contributed by atoms with Crippen molar-refractivity contribution in [2.45, 2.75) is 49.4 Å². The number of alkyl halides is 3. The molecular formula is C25H29ClF3N3O3. The van der Waals surface area contributed by atoms with Crippen molar-refractivity contribution in [3.8, 4) is 11.5 Å². The summed E-state index contributed by atoms with van der Waals surface area (Å²) < 4.78 is 51.0. The first-order valence-corrected chi connectivity index (χ1v) is 11.8. The molecule has 1 heterocycles. The third-order valence-corrected chi connectivity index (χ3v) is 7.59. The highest BCUT2D eigenvalue weighted by Crippen LogP contribution is 2.50. The van der Waals surface area contributed by atoms with Crippen LogP contribution in [-0.4, -0.2) is 50.8 Å². The summed E-state index contributed by atoms with van der Waals surface area (Å²) in [5, 5.41) is 5.19. The molecule has 6 nitrogen and oxygen atoms in total. The van der Waals surface area contributed by atoms with Gasteiger partial charge in [-0.2, -0.15) is 13.2 Å². The molecule has 0 spiro atoms. The van der Waals surface area contributed by atoms with Gasteiger partial charge < -0.3 is 25.0 Å². The van der Waals surface area contributed by atoms with Crippen LogP contribution in [0, 0.1) is 0 Å². The number of hydrogen-bond donors (Lipinski definition) is 2. The van der Waals surface area contributed by atoms with E-state index < -0.39 is 17.8 Å². The summed E-state index contributed by atoms with van der Waals surface area (Å²) in [5.41, 5.74) is -0.231. The van der Waals surface area contributed by atoms with Crippen LogP contribution in [-0.2, 0) is 11.6 Å². The van der Waals surface area contributed by atoms with E-state index in [0.29, 0.717) is 24.3 Å². The number of nitrogens with one attached hydrogen (secondary N) is 2. The van der Waals surface area contributed by atoms with Gasteiger partial charge in [0.15, 0.2) is 11.5 Å². The predicted molar refractivity (Wildman–Crippen MR) is 129 cm³/mol. The van der Waals surface area contributed by atoms with Gasteiger partial charge in [-0.15, -0.1) is 0 Å². The lowest BCUT2D eigenvalue weighted by molar-refractivity contribution is -0.136. The Balaban J connectivity index is 1.49. The quantitative estimate of drug-likeness (QED) is 0.541. The maximum absolute atomic E-state index is 13.4. The number of ether oxygens (including phenoxy) is 2. The average Bonchev–Trinajstić information content (AvgIpc) is 3.16. The zero-order valence-electron chi connectivity index (χ0n) is 19.8. The number of urea groups is 1. The Hall–Kier alpha value is -2.65. The SMILES string of the molecule is COc1ccc(C23CCC(NC(=O)Nc4ccc(Cl)cc4C(F)(F)F)CC2N(C)CC3)cc1OC. The lowest BCUT2D eigenvalue weighted by Crippen LogP contribution is -2.52. The van der Waals surface area contributed by atoms with Crippen LogP contribution in [0.3, 0.4) is 0 Å². The first-order valence-electron chi connectivity index (χ1n) is 11.4. The Labute approximate surface area is 207 Å². The second-order valence-electron chi connectivity index (χ2n) is 9.23. The maximum Gasteiger partial charge on any atom is 0.418 e. The van der Waals surface area contributed by atoms with Crippen LogP contribution < -0.4 is 20.1 Å². The van der Waals surface area contributed by atoms with Crippen molar-refractivity contribution >= 4 is 23.3 Å². The zero-order valence-corrected chi connectivity index (χ0v) is 20.6. The normalized spacial score (nSPS) is 24.5. The van der Waals surface area contributed by atoms with E-state index in [4.69, 9.17) is 21.1 Å². The van der Waals surface area contributed by atoms with Gasteiger partial charge in [0.2, 0.25) is 0 Å². The van der Waals surface area contributed by atoms with Crippen molar-refractivity contribution < 1.29 is 27.4 Å². The molecule has 3 atom stereocenters. The molecule has 35 heavy (non-hydrogen) atoms. The van der Waals surface area contributed by atoms with Crippen molar-refractivity contribution in [3.63, 3.8) is 0 Å². The van der Waals surface area contributed by atoms with E-state index in [-0.39, 0.29) is 28.2 Å². The number of nitrogens with zero attached hydrogens (tertiary/aromatic N) is 1. The molecule has 0 aromatic heterocycles. The number of halogens is 4. The van der Waals surface area contributed by atoms with Crippen molar-refractivity contribution in [1.82, 2.24) is 10.2 Å². The number of rotatable bonds is 5. The van der Waals surface area contributed by atoms with Crippen LogP contribution >= 0.6 is 11.6 Å². The number of amides is 2. The van der Waals surface area contributed by atoms with Crippen LogP contribution in [0.5, 0.6) is 11.5 Å². The predicted octanol–water partition coefficient (Wildman–Crippen LogP) is 5.69. The Morgan fingerprint density at radius 1 is 1.11 bits per heavy atom. The molecule has 2 amide bonds. The molecule has 2 N–H and O–H groups in total. The highest BCUT2D eigenvalue weighted by molar-refractivity contribution is 6.30. The minimum Gasteiger partial charge on any atom is -0.493 e. The van der Waals surface area contributed by atoms with Crippen molar-refractivity contribution in [3.05, 3.63) is 52.5 Å². The molecule has 1 aliphatic carbocycles. The molecule has 0 bridgehead atoms. The van der Waals surface area contributed by atoms with Gasteiger partial charge in [-0.25, -0.2) is 4.79 Å². The summed E-state index contributed by atoms with van der Waals surface area (Å²) >= 11 is 5.73. The molecule has 2 aliphatic rings. The largest absolute Gasteiger partial charge is 0.493 e. The first-order chi connectivity index (χ1) is 16.6. The van der Waals surface area contributed by atoms with Gasteiger partial charge in [-0.3, -0.25) is 0 Å². The molecule has 1 saturated heterocycles. The minimum absolute atomic E-state index is 0.0497. The lowest BCUT2D eigenvalue weighted by atomic mass is 9.65. The second-order valence-corrected chi connectivity index (χ2v) is 9.67. The molecule has 1 aliphatic heterocycles. The van der Waals surface area contributed by atoms with Crippen LogP contribution in [0.2, 0.25) is 5.02 Å². The summed E-state index contributed by atoms with van der Waals surface area (Å²) in [5.74, 6) is 1.35. The molecule has 1 saturated carbocycles. The van der Waals surface area contributed by atoms with E-state index in [9.17, 15) is 18.0 Å². The van der Waals surface area contributed by atoms with E-state index in [2.05, 4.69) is 28.6 Å². The Bertz CT molecular complexity index is 1100. The van der Waals surface area contributed by atoms with E-state index in [1.165, 1.54) is 17.7 Å². The standard InChI is InChI=1S/C25H29ClF3N3O3/c1-32-11-10-24(15-4-7-20(34-2)21(12-15)35-3)9-8-17(14-22(24)32)30-23(33)31-19-6-5-16(26)13-18(19)25(27,28)29/h4-7,12-13,17,22H,8-11,14H2,1-3H3,(H2,30,31,33). The summed E-state index contributed by atoms with van der Waals surface area (Å²) in [6.45, 7) is 0.914. The average molecular weight is 512 g/mol. The monoisotopic (exact) mass is 511 g/mol. The fourth-order valence-electron chi connectivity index (χ4n) is 5.60. The van der Waals surface area contributed by atoms with Crippen LogP contribution in [0.4, 0.5) is 23.7 Å². The smallest absolute Gasteiger partial charge is 0.418 e. The van der Waals surface area contributed by atoms with Gasteiger partial charge in [0.05, 0.1) is 25.5 Å². The van der Waals surface area contributed by atoms with Gasteiger partial charge in [-0.05, 0) is 75.2 Å². The highest BCUT2D eigenvalue weighted by atomic mass is 35.5. The third kappa shape index (κ3) is 5.02. The van der Waals surface area contributed by atoms with Crippen LogP contribution in [0.25, 0.3) is 0 Å². The van der Waals surface area contributed by atoms with Gasteiger partial charge in [0.25, 0.3) is 0 Å². The molecule has 190 valence electrons. The summed E-state index contributed by atoms with van der Waals surface area (Å²) in [7, 11) is 5.28. The molecule has 2 fully saturated rings. The first kappa shape index (κ1) is 25.4. The highest BCUT2D eigenvalue weighted by Gasteiger charge is 2.50. The maximum atomic E-state index is 13.4. The topological polar surface area (TPSA) is 62.8 Å². The Morgan fingerprint density at radius 2 is 1.86 bits per heavy atom. The van der Waals surface area contributed by atoms with Crippen molar-refractivity contribution in [2.75, 3.05) is 33.1 Å².